The summed E-state index contributed by atoms with van der Waals surface area (Å²) < 4.78 is 0. The molecule has 1 aliphatic heterocycles. The summed E-state index contributed by atoms with van der Waals surface area (Å²) in [5.41, 5.74) is 9.04. The van der Waals surface area contributed by atoms with Crippen LogP contribution in [0.25, 0.3) is 10.4 Å². The van der Waals surface area contributed by atoms with Crippen molar-refractivity contribution in [3.05, 3.63) is 75.7 Å². The molecule has 0 N–H and O–H groups in total. The zero-order valence-electron chi connectivity index (χ0n) is 11.1. The van der Waals surface area contributed by atoms with Gasteiger partial charge in [-0.2, -0.15) is 0 Å². The van der Waals surface area contributed by atoms with Crippen LogP contribution in [0.5, 0.6) is 0 Å². The lowest BCUT2D eigenvalue weighted by Crippen LogP contribution is -2.30. The molecule has 0 saturated carbocycles. The first-order valence-corrected chi connectivity index (χ1v) is 6.31. The summed E-state index contributed by atoms with van der Waals surface area (Å²) in [5.74, 6) is -1.88. The lowest BCUT2D eigenvalue weighted by Gasteiger charge is -2.16. The molecule has 0 bridgehead atoms. The number of carbonyl (C=O) groups excluding carboxylic acids is 3. The molecule has 7 heteroatoms. The Balaban J connectivity index is 2.15. The zero-order chi connectivity index (χ0) is 15.7. The van der Waals surface area contributed by atoms with Crippen molar-refractivity contribution in [1.29, 1.82) is 0 Å². The summed E-state index contributed by atoms with van der Waals surface area (Å²) in [6.45, 7) is 0. The monoisotopic (exact) mass is 292 g/mol. The van der Waals surface area contributed by atoms with Crippen LogP contribution in [0.2, 0.25) is 0 Å². The molecule has 0 aromatic heterocycles. The van der Waals surface area contributed by atoms with E-state index in [-0.39, 0.29) is 22.4 Å². The molecular formula is C15H8N4O3. The zero-order valence-corrected chi connectivity index (χ0v) is 11.1. The van der Waals surface area contributed by atoms with Crippen LogP contribution in [0.3, 0.4) is 0 Å². The number of hydrogen-bond donors (Lipinski definition) is 0. The summed E-state index contributed by atoms with van der Waals surface area (Å²) in [5, 5.41) is 3.02. The Morgan fingerprint density at radius 3 is 2.09 bits per heavy atom. The van der Waals surface area contributed by atoms with Gasteiger partial charge in [0.2, 0.25) is 0 Å². The number of fused-ring (bicyclic) bond motifs is 1. The predicted octanol–water partition coefficient (Wildman–Crippen LogP) is 2.94. The number of rotatable bonds is 2. The Bertz CT molecular complexity index is 834. The van der Waals surface area contributed by atoms with E-state index in [0.717, 1.165) is 4.90 Å². The maximum Gasteiger partial charge on any atom is 0.266 e. The first-order chi connectivity index (χ1) is 10.6. The normalized spacial score (nSPS) is 12.8. The van der Waals surface area contributed by atoms with Crippen LogP contribution < -0.4 is 4.90 Å². The van der Waals surface area contributed by atoms with Gasteiger partial charge >= 0.3 is 0 Å². The molecule has 0 radical (unpaired) electrons. The molecule has 7 nitrogen and oxygen atoms in total. The third-order valence-electron chi connectivity index (χ3n) is 3.30. The molecule has 0 fully saturated rings. The van der Waals surface area contributed by atoms with E-state index in [1.165, 1.54) is 12.1 Å². The van der Waals surface area contributed by atoms with Crippen LogP contribution in [0.15, 0.2) is 53.6 Å². The molecule has 3 rings (SSSR count). The van der Waals surface area contributed by atoms with E-state index in [4.69, 9.17) is 5.53 Å². The van der Waals surface area contributed by atoms with E-state index in [1.54, 1.807) is 36.4 Å². The second-order valence-electron chi connectivity index (χ2n) is 4.50. The molecule has 0 unspecified atom stereocenters. The maximum absolute atomic E-state index is 12.4. The second-order valence-corrected chi connectivity index (χ2v) is 4.50. The smallest absolute Gasteiger partial charge is 0.266 e. The maximum atomic E-state index is 12.4. The molecule has 2 aromatic rings. The van der Waals surface area contributed by atoms with Crippen molar-refractivity contribution in [2.24, 2.45) is 5.11 Å². The molecule has 0 saturated heterocycles. The van der Waals surface area contributed by atoms with Crippen LogP contribution in [0, 0.1) is 0 Å². The summed E-state index contributed by atoms with van der Waals surface area (Å²) in [6.07, 6.45) is 0. The van der Waals surface area contributed by atoms with Crippen molar-refractivity contribution >= 4 is 23.4 Å². The van der Waals surface area contributed by atoms with Gasteiger partial charge in [-0.05, 0) is 34.9 Å². The minimum absolute atomic E-state index is 0.00481. The molecule has 0 aliphatic carbocycles. The molecule has 0 atom stereocenters. The van der Waals surface area contributed by atoms with E-state index in [0.29, 0.717) is 0 Å². The standard InChI is InChI=1S/C15H8N4O3/c16-18-17-13(20)11-7-3-4-8-12(11)19-14(21)9-5-1-2-6-10(9)15(19)22/h1-8H. The first kappa shape index (κ1) is 13.5. The Labute approximate surface area is 124 Å². The Kier molecular flexibility index (Phi) is 3.17. The minimum atomic E-state index is -0.852. The van der Waals surface area contributed by atoms with Gasteiger partial charge in [0.15, 0.2) is 0 Å². The number of para-hydroxylation sites is 1. The summed E-state index contributed by atoms with van der Waals surface area (Å²) in [7, 11) is 0. The number of amides is 3. The fraction of sp³-hybridized carbons (Fsp3) is 0. The van der Waals surface area contributed by atoms with Gasteiger partial charge in [0.1, 0.15) is 0 Å². The number of benzene rings is 2. The number of carbonyl (C=O) groups is 3. The van der Waals surface area contributed by atoms with Crippen molar-refractivity contribution in [3.8, 4) is 0 Å². The predicted molar refractivity (Wildman–Crippen MR) is 77.5 cm³/mol. The van der Waals surface area contributed by atoms with E-state index < -0.39 is 17.7 Å². The first-order valence-electron chi connectivity index (χ1n) is 6.31. The Hall–Kier alpha value is -3.44. The average molecular weight is 292 g/mol. The lowest BCUT2D eigenvalue weighted by molar-refractivity contribution is 0.0926. The van der Waals surface area contributed by atoms with Crippen LogP contribution in [0.4, 0.5) is 5.69 Å². The van der Waals surface area contributed by atoms with Crippen molar-refractivity contribution in [3.63, 3.8) is 0 Å². The van der Waals surface area contributed by atoms with E-state index in [2.05, 4.69) is 10.0 Å². The van der Waals surface area contributed by atoms with Crippen LogP contribution >= 0.6 is 0 Å². The number of anilines is 1. The van der Waals surface area contributed by atoms with Gasteiger partial charge in [-0.25, -0.2) is 4.90 Å². The van der Waals surface area contributed by atoms with Gasteiger partial charge in [-0.15, -0.1) is 0 Å². The highest BCUT2D eigenvalue weighted by Gasteiger charge is 2.37. The van der Waals surface area contributed by atoms with Crippen LogP contribution in [-0.2, 0) is 0 Å². The lowest BCUT2D eigenvalue weighted by atomic mass is 10.1. The highest BCUT2D eigenvalue weighted by atomic mass is 16.2. The quantitative estimate of drug-likeness (QED) is 0.368. The third-order valence-corrected chi connectivity index (χ3v) is 3.30. The van der Waals surface area contributed by atoms with Gasteiger partial charge in [0.05, 0.1) is 16.8 Å². The number of imide groups is 1. The molecule has 2 aromatic carbocycles. The van der Waals surface area contributed by atoms with Crippen LogP contribution in [0.1, 0.15) is 31.1 Å². The minimum Gasteiger partial charge on any atom is -0.287 e. The van der Waals surface area contributed by atoms with Crippen LogP contribution in [-0.4, -0.2) is 17.7 Å². The van der Waals surface area contributed by atoms with E-state index in [9.17, 15) is 14.4 Å². The van der Waals surface area contributed by atoms with Gasteiger partial charge < -0.3 is 0 Å². The number of hydrogen-bond acceptors (Lipinski definition) is 3. The molecule has 22 heavy (non-hydrogen) atoms. The van der Waals surface area contributed by atoms with Gasteiger partial charge in [-0.3, -0.25) is 14.4 Å². The number of nitrogens with zero attached hydrogens (tertiary/aromatic N) is 4. The summed E-state index contributed by atoms with van der Waals surface area (Å²) in [4.78, 5) is 40.1. The molecular weight excluding hydrogens is 284 g/mol. The fourth-order valence-corrected chi connectivity index (χ4v) is 2.35. The highest BCUT2D eigenvalue weighted by Crippen LogP contribution is 2.30. The van der Waals surface area contributed by atoms with Gasteiger partial charge in [0.25, 0.3) is 17.7 Å². The van der Waals surface area contributed by atoms with E-state index in [1.807, 2.05) is 0 Å². The molecule has 3 amide bonds. The fourth-order valence-electron chi connectivity index (χ4n) is 2.35. The summed E-state index contributed by atoms with van der Waals surface area (Å²) in [6, 6.07) is 12.4. The van der Waals surface area contributed by atoms with Gasteiger partial charge in [0, 0.05) is 10.5 Å². The topological polar surface area (TPSA) is 103 Å². The SMILES string of the molecule is [N-]=[N+]=NC(=O)c1ccccc1N1C(=O)c2ccccc2C1=O. The highest BCUT2D eigenvalue weighted by molar-refractivity contribution is 6.35. The van der Waals surface area contributed by atoms with Crippen molar-refractivity contribution in [1.82, 2.24) is 0 Å². The van der Waals surface area contributed by atoms with Crippen molar-refractivity contribution in [2.45, 2.75) is 0 Å². The van der Waals surface area contributed by atoms with Crippen molar-refractivity contribution < 1.29 is 14.4 Å². The summed E-state index contributed by atoms with van der Waals surface area (Å²) >= 11 is 0. The van der Waals surface area contributed by atoms with E-state index >= 15 is 0 Å². The molecule has 1 heterocycles. The molecule has 0 spiro atoms. The Morgan fingerprint density at radius 2 is 1.50 bits per heavy atom. The second kappa shape index (κ2) is 5.16. The Morgan fingerprint density at radius 1 is 0.955 bits per heavy atom. The van der Waals surface area contributed by atoms with Gasteiger partial charge in [-0.1, -0.05) is 24.3 Å². The number of azide groups is 1. The average Bonchev–Trinajstić information content (AvgIpc) is 2.79. The van der Waals surface area contributed by atoms with Crippen molar-refractivity contribution in [2.75, 3.05) is 4.90 Å². The molecule has 106 valence electrons. The third kappa shape index (κ3) is 1.93. The molecule has 1 aliphatic rings. The largest absolute Gasteiger partial charge is 0.287 e.